The minimum atomic E-state index is -0.263. The molecule has 1 aromatic rings. The lowest BCUT2D eigenvalue weighted by Crippen LogP contribution is -2.17. The Hall–Kier alpha value is -1.90. The molecule has 1 aromatic carbocycles. The van der Waals surface area contributed by atoms with Crippen molar-refractivity contribution < 1.29 is 10.0 Å². The quantitative estimate of drug-likeness (QED) is 0.477. The van der Waals surface area contributed by atoms with Gasteiger partial charge >= 0.3 is 0 Å². The molecule has 64 valence electrons. The van der Waals surface area contributed by atoms with Crippen LogP contribution in [0.2, 0.25) is 0 Å². The normalized spacial score (nSPS) is 17.5. The van der Waals surface area contributed by atoms with Crippen LogP contribution < -0.4 is 0 Å². The summed E-state index contributed by atoms with van der Waals surface area (Å²) >= 11 is 0. The Morgan fingerprint density at radius 1 is 1.15 bits per heavy atom. The molecular weight excluding hydrogens is 166 g/mol. The van der Waals surface area contributed by atoms with E-state index in [0.717, 1.165) is 5.56 Å². The van der Waals surface area contributed by atoms with Crippen LogP contribution in [0.4, 0.5) is 0 Å². The average molecular weight is 173 g/mol. The molecule has 0 bridgehead atoms. The van der Waals surface area contributed by atoms with Crippen molar-refractivity contribution in [2.75, 3.05) is 0 Å². The number of fused-ring (bicyclic) bond motifs is 1. The predicted molar refractivity (Wildman–Crippen MR) is 48.8 cm³/mol. The fraction of sp³-hybridized carbons (Fsp3) is 0. The summed E-state index contributed by atoms with van der Waals surface area (Å²) in [5.74, 6) is -0.263. The molecule has 3 heteroatoms. The molecular formula is C10H7NO2. The summed E-state index contributed by atoms with van der Waals surface area (Å²) < 4.78 is 0. The second-order valence-corrected chi connectivity index (χ2v) is 2.73. The lowest BCUT2D eigenvalue weighted by atomic mass is 9.95. The highest BCUT2D eigenvalue weighted by Gasteiger charge is 2.18. The molecule has 0 spiro atoms. The van der Waals surface area contributed by atoms with Crippen molar-refractivity contribution in [2.45, 2.75) is 0 Å². The number of rotatable bonds is 0. The molecule has 0 heterocycles. The van der Waals surface area contributed by atoms with Gasteiger partial charge in [-0.15, -0.1) is 0 Å². The van der Waals surface area contributed by atoms with Crippen molar-refractivity contribution in [2.24, 2.45) is 5.16 Å². The van der Waals surface area contributed by atoms with Crippen LogP contribution in [0, 0.1) is 0 Å². The molecule has 0 aliphatic heterocycles. The fourth-order valence-corrected chi connectivity index (χ4v) is 1.34. The van der Waals surface area contributed by atoms with E-state index in [1.54, 1.807) is 18.2 Å². The molecule has 0 amide bonds. The zero-order valence-corrected chi connectivity index (χ0v) is 6.77. The van der Waals surface area contributed by atoms with Crippen LogP contribution in [-0.2, 0) is 4.79 Å². The van der Waals surface area contributed by atoms with Gasteiger partial charge in [0.15, 0.2) is 5.71 Å². The molecule has 0 atom stereocenters. The number of benzene rings is 1. The maximum Gasteiger partial charge on any atom is 0.208 e. The van der Waals surface area contributed by atoms with Crippen LogP contribution in [0.15, 0.2) is 35.5 Å². The van der Waals surface area contributed by atoms with E-state index in [9.17, 15) is 4.79 Å². The third-order valence-corrected chi connectivity index (χ3v) is 1.96. The van der Waals surface area contributed by atoms with Gasteiger partial charge in [-0.3, -0.25) is 4.79 Å². The highest BCUT2D eigenvalue weighted by atomic mass is 16.4. The minimum Gasteiger partial charge on any atom is -0.410 e. The molecule has 0 radical (unpaired) electrons. The van der Waals surface area contributed by atoms with Crippen molar-refractivity contribution >= 4 is 17.6 Å². The van der Waals surface area contributed by atoms with E-state index in [1.807, 2.05) is 12.1 Å². The zero-order valence-electron chi connectivity index (χ0n) is 6.77. The standard InChI is InChI=1S/C10H7NO2/c12-9-6-5-7-3-1-2-4-8(7)10(9)11-13/h1-6,13H/b11-10-. The fourth-order valence-electron chi connectivity index (χ4n) is 1.34. The number of carbonyl (C=O) groups is 1. The molecule has 3 nitrogen and oxygen atoms in total. The van der Waals surface area contributed by atoms with Crippen LogP contribution in [0.25, 0.3) is 6.08 Å². The predicted octanol–water partition coefficient (Wildman–Crippen LogP) is 1.46. The Bertz CT molecular complexity index is 419. The first-order chi connectivity index (χ1) is 6.33. The molecule has 0 saturated heterocycles. The average Bonchev–Trinajstić information content (AvgIpc) is 2.18. The van der Waals surface area contributed by atoms with Crippen molar-refractivity contribution in [3.63, 3.8) is 0 Å². The second-order valence-electron chi connectivity index (χ2n) is 2.73. The van der Waals surface area contributed by atoms with E-state index >= 15 is 0 Å². The lowest BCUT2D eigenvalue weighted by molar-refractivity contribution is -0.108. The summed E-state index contributed by atoms with van der Waals surface area (Å²) in [6.45, 7) is 0. The second kappa shape index (κ2) is 2.86. The first kappa shape index (κ1) is 7.73. The Morgan fingerprint density at radius 2 is 1.92 bits per heavy atom. The minimum absolute atomic E-state index is 0.109. The van der Waals surface area contributed by atoms with Crippen LogP contribution in [0.3, 0.4) is 0 Å². The molecule has 1 aliphatic carbocycles. The number of hydrogen-bond donors (Lipinski definition) is 1. The van der Waals surface area contributed by atoms with Gasteiger partial charge in [0.2, 0.25) is 5.78 Å². The van der Waals surface area contributed by atoms with Gasteiger partial charge in [0.25, 0.3) is 0 Å². The maximum absolute atomic E-state index is 11.2. The number of ketones is 1. The zero-order chi connectivity index (χ0) is 9.26. The van der Waals surface area contributed by atoms with E-state index in [0.29, 0.717) is 5.56 Å². The smallest absolute Gasteiger partial charge is 0.208 e. The van der Waals surface area contributed by atoms with Crippen LogP contribution >= 0.6 is 0 Å². The van der Waals surface area contributed by atoms with Crippen LogP contribution in [0.1, 0.15) is 11.1 Å². The molecule has 0 fully saturated rings. The molecule has 1 N–H and O–H groups in total. The summed E-state index contributed by atoms with van der Waals surface area (Å²) in [6, 6.07) is 7.29. The molecule has 0 unspecified atom stereocenters. The summed E-state index contributed by atoms with van der Waals surface area (Å²) in [6.07, 6.45) is 3.11. The third-order valence-electron chi connectivity index (χ3n) is 1.96. The number of oxime groups is 1. The summed E-state index contributed by atoms with van der Waals surface area (Å²) in [5.41, 5.74) is 1.69. The first-order valence-electron chi connectivity index (χ1n) is 3.87. The summed E-state index contributed by atoms with van der Waals surface area (Å²) in [7, 11) is 0. The van der Waals surface area contributed by atoms with E-state index in [-0.39, 0.29) is 11.5 Å². The van der Waals surface area contributed by atoms with E-state index in [1.165, 1.54) is 6.08 Å². The Balaban J connectivity index is 2.67. The number of hydrogen-bond acceptors (Lipinski definition) is 3. The maximum atomic E-state index is 11.2. The summed E-state index contributed by atoms with van der Waals surface area (Å²) in [5, 5.41) is 11.6. The van der Waals surface area contributed by atoms with Crippen molar-refractivity contribution in [1.29, 1.82) is 0 Å². The highest BCUT2D eigenvalue weighted by Crippen LogP contribution is 2.17. The van der Waals surface area contributed by atoms with Gasteiger partial charge in [-0.1, -0.05) is 35.5 Å². The number of carbonyl (C=O) groups excluding carboxylic acids is 1. The first-order valence-corrected chi connectivity index (χ1v) is 3.87. The van der Waals surface area contributed by atoms with Gasteiger partial charge in [-0.25, -0.2) is 0 Å². The monoisotopic (exact) mass is 173 g/mol. The van der Waals surface area contributed by atoms with Gasteiger partial charge in [0.1, 0.15) is 0 Å². The Morgan fingerprint density at radius 3 is 2.69 bits per heavy atom. The van der Waals surface area contributed by atoms with Gasteiger partial charge in [-0.2, -0.15) is 0 Å². The van der Waals surface area contributed by atoms with Crippen molar-refractivity contribution in [1.82, 2.24) is 0 Å². The molecule has 13 heavy (non-hydrogen) atoms. The van der Waals surface area contributed by atoms with Crippen LogP contribution in [0.5, 0.6) is 0 Å². The van der Waals surface area contributed by atoms with Crippen molar-refractivity contribution in [3.8, 4) is 0 Å². The van der Waals surface area contributed by atoms with E-state index in [4.69, 9.17) is 5.21 Å². The Labute approximate surface area is 75.0 Å². The molecule has 2 rings (SSSR count). The number of allylic oxidation sites excluding steroid dienone is 1. The number of nitrogens with zero attached hydrogens (tertiary/aromatic N) is 1. The SMILES string of the molecule is O=C1C=Cc2ccccc2/C1=N/O. The van der Waals surface area contributed by atoms with Crippen LogP contribution in [-0.4, -0.2) is 16.7 Å². The topological polar surface area (TPSA) is 49.7 Å². The van der Waals surface area contributed by atoms with Crippen molar-refractivity contribution in [3.05, 3.63) is 41.5 Å². The third kappa shape index (κ3) is 1.14. The highest BCUT2D eigenvalue weighted by molar-refractivity contribution is 6.52. The lowest BCUT2D eigenvalue weighted by Gasteiger charge is -2.09. The molecule has 1 aliphatic rings. The van der Waals surface area contributed by atoms with Gasteiger partial charge in [0.05, 0.1) is 0 Å². The molecule has 0 aromatic heterocycles. The van der Waals surface area contributed by atoms with Gasteiger partial charge in [0, 0.05) is 5.56 Å². The van der Waals surface area contributed by atoms with E-state index in [2.05, 4.69) is 5.16 Å². The largest absolute Gasteiger partial charge is 0.410 e. The van der Waals surface area contributed by atoms with E-state index < -0.39 is 0 Å². The van der Waals surface area contributed by atoms with Gasteiger partial charge < -0.3 is 5.21 Å². The van der Waals surface area contributed by atoms with Gasteiger partial charge in [-0.05, 0) is 11.6 Å². The summed E-state index contributed by atoms with van der Waals surface area (Å²) in [4.78, 5) is 11.2. The Kier molecular flexibility index (Phi) is 1.70. The molecule has 0 saturated carbocycles.